The molecule has 0 saturated heterocycles. The van der Waals surface area contributed by atoms with E-state index in [1.807, 2.05) is 0 Å². The van der Waals surface area contributed by atoms with Crippen molar-refractivity contribution >= 4 is 32.8 Å². The van der Waals surface area contributed by atoms with Crippen LogP contribution in [-0.4, -0.2) is 16.1 Å². The third-order valence-corrected chi connectivity index (χ3v) is 4.07. The zero-order valence-corrected chi connectivity index (χ0v) is 11.8. The van der Waals surface area contributed by atoms with E-state index in [9.17, 15) is 14.3 Å². The largest absolute Gasteiger partial charge is 0.478 e. The summed E-state index contributed by atoms with van der Waals surface area (Å²) in [5.74, 6) is -1.16. The van der Waals surface area contributed by atoms with Gasteiger partial charge in [0.1, 0.15) is 5.82 Å². The summed E-state index contributed by atoms with van der Waals surface area (Å²) in [5.41, 5.74) is 2.16. The third-order valence-electron chi connectivity index (χ3n) is 3.47. The number of hydrogen-bond acceptors (Lipinski definition) is 2. The zero-order chi connectivity index (χ0) is 13.7. The molecular formula is C14H11BrFNO2. The van der Waals surface area contributed by atoms with Gasteiger partial charge in [0.15, 0.2) is 0 Å². The molecule has 19 heavy (non-hydrogen) atoms. The lowest BCUT2D eigenvalue weighted by molar-refractivity contribution is 0.0698. The van der Waals surface area contributed by atoms with Crippen molar-refractivity contribution in [3.8, 4) is 0 Å². The Balaban J connectivity index is 2.44. The topological polar surface area (TPSA) is 50.2 Å². The summed E-state index contributed by atoms with van der Waals surface area (Å²) in [6.07, 6.45) is 2.08. The monoisotopic (exact) mass is 323 g/mol. The van der Waals surface area contributed by atoms with Gasteiger partial charge in [-0.05, 0) is 53.4 Å². The molecule has 0 atom stereocenters. The van der Waals surface area contributed by atoms with Crippen molar-refractivity contribution in [3.63, 3.8) is 0 Å². The van der Waals surface area contributed by atoms with Gasteiger partial charge in [0, 0.05) is 21.5 Å². The summed E-state index contributed by atoms with van der Waals surface area (Å²) < 4.78 is 14.0. The van der Waals surface area contributed by atoms with Crippen LogP contribution in [0.15, 0.2) is 16.6 Å². The molecule has 2 aromatic rings. The van der Waals surface area contributed by atoms with Crippen LogP contribution in [0.5, 0.6) is 0 Å². The maximum absolute atomic E-state index is 13.5. The molecule has 1 aliphatic carbocycles. The van der Waals surface area contributed by atoms with Gasteiger partial charge in [-0.2, -0.15) is 0 Å². The average Bonchev–Trinajstić information content (AvgIpc) is 3.11. The molecule has 3 rings (SSSR count). The Morgan fingerprint density at radius 1 is 1.47 bits per heavy atom. The minimum atomic E-state index is -1.04. The van der Waals surface area contributed by atoms with Crippen LogP contribution in [0.1, 0.15) is 40.4 Å². The minimum Gasteiger partial charge on any atom is -0.478 e. The molecule has 5 heteroatoms. The lowest BCUT2D eigenvalue weighted by Gasteiger charge is -2.12. The predicted molar refractivity (Wildman–Crippen MR) is 73.1 cm³/mol. The van der Waals surface area contributed by atoms with Crippen LogP contribution in [0.25, 0.3) is 10.9 Å². The molecule has 1 heterocycles. The Morgan fingerprint density at radius 2 is 2.16 bits per heavy atom. The van der Waals surface area contributed by atoms with E-state index in [2.05, 4.69) is 20.9 Å². The Bertz CT molecular complexity index is 710. The number of carboxylic acids is 1. The van der Waals surface area contributed by atoms with Crippen molar-refractivity contribution in [1.82, 2.24) is 4.98 Å². The number of pyridine rings is 1. The number of halogens is 2. The van der Waals surface area contributed by atoms with Crippen LogP contribution in [0.4, 0.5) is 4.39 Å². The molecule has 3 nitrogen and oxygen atoms in total. The van der Waals surface area contributed by atoms with E-state index in [1.165, 1.54) is 12.1 Å². The molecule has 1 N–H and O–H groups in total. The molecule has 0 bridgehead atoms. The molecule has 1 fully saturated rings. The predicted octanol–water partition coefficient (Wildman–Crippen LogP) is 4.02. The van der Waals surface area contributed by atoms with Crippen LogP contribution in [0.2, 0.25) is 0 Å². The van der Waals surface area contributed by atoms with Crippen molar-refractivity contribution in [2.75, 3.05) is 0 Å². The second kappa shape index (κ2) is 4.27. The lowest BCUT2D eigenvalue weighted by atomic mass is 9.99. The summed E-state index contributed by atoms with van der Waals surface area (Å²) in [4.78, 5) is 16.0. The van der Waals surface area contributed by atoms with Gasteiger partial charge in [-0.1, -0.05) is 0 Å². The Morgan fingerprint density at radius 3 is 2.74 bits per heavy atom. The molecule has 1 aliphatic rings. The number of nitrogens with zero attached hydrogens (tertiary/aromatic N) is 1. The van der Waals surface area contributed by atoms with E-state index in [0.717, 1.165) is 18.5 Å². The van der Waals surface area contributed by atoms with Gasteiger partial charge in [0.2, 0.25) is 0 Å². The van der Waals surface area contributed by atoms with Gasteiger partial charge in [0.05, 0.1) is 11.1 Å². The highest BCUT2D eigenvalue weighted by Crippen LogP contribution is 2.43. The molecule has 1 saturated carbocycles. The first-order valence-electron chi connectivity index (χ1n) is 6.01. The van der Waals surface area contributed by atoms with Gasteiger partial charge < -0.3 is 5.11 Å². The highest BCUT2D eigenvalue weighted by molar-refractivity contribution is 9.10. The van der Waals surface area contributed by atoms with E-state index < -0.39 is 11.8 Å². The number of carbonyl (C=O) groups is 1. The first-order valence-corrected chi connectivity index (χ1v) is 6.81. The molecule has 0 amide bonds. The maximum atomic E-state index is 13.5. The maximum Gasteiger partial charge on any atom is 0.336 e. The number of fused-ring (bicyclic) bond motifs is 1. The first-order chi connectivity index (χ1) is 8.99. The molecular weight excluding hydrogens is 313 g/mol. The van der Waals surface area contributed by atoms with Crippen molar-refractivity contribution in [1.29, 1.82) is 0 Å². The minimum absolute atomic E-state index is 0.159. The summed E-state index contributed by atoms with van der Waals surface area (Å²) in [5, 5.41) is 9.75. The molecule has 0 spiro atoms. The highest BCUT2D eigenvalue weighted by Gasteiger charge is 2.30. The van der Waals surface area contributed by atoms with Crippen LogP contribution < -0.4 is 0 Å². The third kappa shape index (κ3) is 2.02. The summed E-state index contributed by atoms with van der Waals surface area (Å²) in [6.45, 7) is 1.75. The van der Waals surface area contributed by atoms with E-state index >= 15 is 0 Å². The van der Waals surface area contributed by atoms with Crippen LogP contribution in [0.3, 0.4) is 0 Å². The van der Waals surface area contributed by atoms with Gasteiger partial charge in [-0.15, -0.1) is 0 Å². The van der Waals surface area contributed by atoms with Crippen LogP contribution >= 0.6 is 15.9 Å². The Labute approximate surface area is 117 Å². The lowest BCUT2D eigenvalue weighted by Crippen LogP contribution is -2.07. The molecule has 0 unspecified atom stereocenters. The summed E-state index contributed by atoms with van der Waals surface area (Å²) >= 11 is 3.26. The smallest absolute Gasteiger partial charge is 0.336 e. The number of hydrogen-bond donors (Lipinski definition) is 1. The van der Waals surface area contributed by atoms with Crippen molar-refractivity contribution in [2.24, 2.45) is 0 Å². The first kappa shape index (κ1) is 12.5. The normalized spacial score (nSPS) is 14.9. The van der Waals surface area contributed by atoms with Crippen molar-refractivity contribution < 1.29 is 14.3 Å². The standard InChI is InChI=1S/C14H11BrFNO2/c1-6-11(14(18)19)9-4-8(16)5-10(15)13(9)17-12(6)7-2-3-7/h4-5,7H,2-3H2,1H3,(H,18,19). The number of aromatic carboxylic acids is 1. The van der Waals surface area contributed by atoms with Crippen molar-refractivity contribution in [2.45, 2.75) is 25.7 Å². The highest BCUT2D eigenvalue weighted by atomic mass is 79.9. The Kier molecular flexibility index (Phi) is 2.82. The van der Waals surface area contributed by atoms with Gasteiger partial charge in [-0.25, -0.2) is 9.18 Å². The Hall–Kier alpha value is -1.49. The summed E-state index contributed by atoms with van der Waals surface area (Å²) in [7, 11) is 0. The number of rotatable bonds is 2. The molecule has 98 valence electrons. The van der Waals surface area contributed by atoms with Gasteiger partial charge in [0.25, 0.3) is 0 Å². The fourth-order valence-corrected chi connectivity index (χ4v) is 2.96. The fourth-order valence-electron chi connectivity index (χ4n) is 2.43. The SMILES string of the molecule is Cc1c(C2CC2)nc2c(Br)cc(F)cc2c1C(=O)O. The molecule has 1 aromatic carbocycles. The second-order valence-electron chi connectivity index (χ2n) is 4.86. The van der Waals surface area contributed by atoms with Gasteiger partial charge in [-0.3, -0.25) is 4.98 Å². The molecule has 0 aliphatic heterocycles. The number of benzene rings is 1. The van der Waals surface area contributed by atoms with E-state index in [-0.39, 0.29) is 5.56 Å². The summed E-state index contributed by atoms with van der Waals surface area (Å²) in [6, 6.07) is 2.55. The van der Waals surface area contributed by atoms with E-state index in [4.69, 9.17) is 0 Å². The number of aromatic nitrogens is 1. The van der Waals surface area contributed by atoms with Crippen molar-refractivity contribution in [3.05, 3.63) is 39.2 Å². The van der Waals surface area contributed by atoms with Crippen LogP contribution in [-0.2, 0) is 0 Å². The van der Waals surface area contributed by atoms with E-state index in [0.29, 0.717) is 26.9 Å². The molecule has 1 aromatic heterocycles. The zero-order valence-electron chi connectivity index (χ0n) is 10.2. The second-order valence-corrected chi connectivity index (χ2v) is 5.71. The van der Waals surface area contributed by atoms with E-state index in [1.54, 1.807) is 6.92 Å². The molecule has 0 radical (unpaired) electrons. The van der Waals surface area contributed by atoms with Crippen LogP contribution in [0, 0.1) is 12.7 Å². The number of carboxylic acid groups (broad SMARTS) is 1. The quantitative estimate of drug-likeness (QED) is 0.908. The fraction of sp³-hybridized carbons (Fsp3) is 0.286. The average molecular weight is 324 g/mol. The van der Waals surface area contributed by atoms with Gasteiger partial charge >= 0.3 is 5.97 Å².